The molecule has 24 heavy (non-hydrogen) atoms. The van der Waals surface area contributed by atoms with Crippen molar-refractivity contribution in [2.45, 2.75) is 38.8 Å². The van der Waals surface area contributed by atoms with E-state index >= 15 is 0 Å². The summed E-state index contributed by atoms with van der Waals surface area (Å²) >= 11 is 0. The summed E-state index contributed by atoms with van der Waals surface area (Å²) < 4.78 is 10.6. The highest BCUT2D eigenvalue weighted by Gasteiger charge is 2.29. The third-order valence-corrected chi connectivity index (χ3v) is 4.00. The predicted octanol–water partition coefficient (Wildman–Crippen LogP) is 2.94. The van der Waals surface area contributed by atoms with Gasteiger partial charge >= 0.3 is 0 Å². The van der Waals surface area contributed by atoms with Crippen LogP contribution < -0.4 is 0 Å². The van der Waals surface area contributed by atoms with Gasteiger partial charge in [0.15, 0.2) is 11.6 Å². The van der Waals surface area contributed by atoms with Crippen LogP contribution in [0, 0.1) is 6.92 Å². The Labute approximate surface area is 139 Å². The molecule has 7 heteroatoms. The average molecular weight is 325 g/mol. The molecule has 0 amide bonds. The highest BCUT2D eigenvalue weighted by atomic mass is 16.5. The van der Waals surface area contributed by atoms with E-state index in [-0.39, 0.29) is 0 Å². The quantitative estimate of drug-likeness (QED) is 0.689. The average Bonchev–Trinajstić information content (AvgIpc) is 3.14. The van der Waals surface area contributed by atoms with Gasteiger partial charge in [-0.05, 0) is 38.9 Å². The summed E-state index contributed by atoms with van der Waals surface area (Å²) in [4.78, 5) is 10.9. The van der Waals surface area contributed by atoms with Gasteiger partial charge in [-0.15, -0.1) is 0 Å². The zero-order chi connectivity index (χ0) is 16.5. The third-order valence-electron chi connectivity index (χ3n) is 4.00. The Morgan fingerprint density at radius 1 is 1.00 bits per heavy atom. The molecule has 1 saturated carbocycles. The lowest BCUT2D eigenvalue weighted by atomic mass is 10.1. The van der Waals surface area contributed by atoms with Crippen LogP contribution in [0.15, 0.2) is 33.3 Å². The van der Waals surface area contributed by atoms with E-state index in [1.807, 2.05) is 43.1 Å². The first kappa shape index (κ1) is 15.0. The smallest absolute Gasteiger partial charge is 0.257 e. The second-order valence-electron chi connectivity index (χ2n) is 6.38. The summed E-state index contributed by atoms with van der Waals surface area (Å²) in [5.74, 6) is 3.11. The zero-order valence-corrected chi connectivity index (χ0v) is 13.8. The van der Waals surface area contributed by atoms with Crippen LogP contribution in [-0.4, -0.2) is 32.2 Å². The molecular weight excluding hydrogens is 306 g/mol. The zero-order valence-electron chi connectivity index (χ0n) is 13.8. The molecule has 0 bridgehead atoms. The van der Waals surface area contributed by atoms with E-state index < -0.39 is 0 Å². The highest BCUT2D eigenvalue weighted by molar-refractivity contribution is 5.53. The van der Waals surface area contributed by atoms with Crippen LogP contribution in [-0.2, 0) is 13.1 Å². The minimum atomic E-state index is 0.478. The highest BCUT2D eigenvalue weighted by Crippen LogP contribution is 2.38. The van der Waals surface area contributed by atoms with Crippen LogP contribution in [0.4, 0.5) is 0 Å². The fourth-order valence-corrected chi connectivity index (χ4v) is 2.50. The number of aryl methyl sites for hydroxylation is 1. The van der Waals surface area contributed by atoms with Gasteiger partial charge in [-0.1, -0.05) is 28.0 Å². The van der Waals surface area contributed by atoms with Crippen LogP contribution in [0.3, 0.4) is 0 Å². The lowest BCUT2D eigenvalue weighted by Crippen LogP contribution is -2.18. The molecule has 0 spiro atoms. The van der Waals surface area contributed by atoms with E-state index in [0.29, 0.717) is 36.5 Å². The lowest BCUT2D eigenvalue weighted by Gasteiger charge is -2.10. The topological polar surface area (TPSA) is 81.1 Å². The van der Waals surface area contributed by atoms with E-state index in [9.17, 15) is 0 Å². The second-order valence-corrected chi connectivity index (χ2v) is 6.38. The van der Waals surface area contributed by atoms with Gasteiger partial charge in [0, 0.05) is 11.5 Å². The van der Waals surface area contributed by atoms with Crippen molar-refractivity contribution >= 4 is 0 Å². The number of hydrogen-bond donors (Lipinski definition) is 0. The Kier molecular flexibility index (Phi) is 3.86. The number of hydrogen-bond acceptors (Lipinski definition) is 7. The van der Waals surface area contributed by atoms with E-state index in [2.05, 4.69) is 20.3 Å². The van der Waals surface area contributed by atoms with Crippen molar-refractivity contribution in [3.05, 3.63) is 47.4 Å². The molecule has 1 fully saturated rings. The van der Waals surface area contributed by atoms with Crippen molar-refractivity contribution in [2.75, 3.05) is 7.05 Å². The molecule has 2 aromatic heterocycles. The Hall–Kier alpha value is -2.54. The minimum absolute atomic E-state index is 0.478. The van der Waals surface area contributed by atoms with Crippen LogP contribution in [0.2, 0.25) is 0 Å². The van der Waals surface area contributed by atoms with Gasteiger partial charge in [-0.3, -0.25) is 4.90 Å². The molecule has 0 saturated heterocycles. The van der Waals surface area contributed by atoms with Gasteiger partial charge in [0.2, 0.25) is 5.89 Å². The molecule has 4 rings (SSSR count). The number of nitrogens with zero attached hydrogens (tertiary/aromatic N) is 5. The van der Waals surface area contributed by atoms with Crippen LogP contribution >= 0.6 is 0 Å². The normalized spacial score (nSPS) is 14.5. The van der Waals surface area contributed by atoms with E-state index in [0.717, 1.165) is 24.3 Å². The molecule has 1 aliphatic rings. The Balaban J connectivity index is 1.38. The summed E-state index contributed by atoms with van der Waals surface area (Å²) in [7, 11) is 1.97. The van der Waals surface area contributed by atoms with Gasteiger partial charge in [-0.2, -0.15) is 9.97 Å². The molecule has 124 valence electrons. The van der Waals surface area contributed by atoms with Crippen molar-refractivity contribution in [1.29, 1.82) is 0 Å². The largest absolute Gasteiger partial charge is 0.339 e. The molecule has 0 N–H and O–H groups in total. The van der Waals surface area contributed by atoms with Crippen molar-refractivity contribution in [2.24, 2.45) is 0 Å². The maximum Gasteiger partial charge on any atom is 0.257 e. The Morgan fingerprint density at radius 2 is 1.67 bits per heavy atom. The molecule has 2 heterocycles. The Morgan fingerprint density at radius 3 is 2.38 bits per heavy atom. The van der Waals surface area contributed by atoms with Gasteiger partial charge in [0.1, 0.15) is 0 Å². The summed E-state index contributed by atoms with van der Waals surface area (Å²) in [6.07, 6.45) is 2.31. The maximum absolute atomic E-state index is 5.35. The van der Waals surface area contributed by atoms with Crippen molar-refractivity contribution in [3.63, 3.8) is 0 Å². The standard InChI is InChI=1S/C17H19N5O2/c1-11-3-5-12(6-4-11)16-18-14(20-23-16)9-22(2)10-15-19-17(24-21-15)13-7-8-13/h3-6,13H,7-10H2,1-2H3. The first-order valence-corrected chi connectivity index (χ1v) is 8.08. The maximum atomic E-state index is 5.35. The first-order chi connectivity index (χ1) is 11.7. The van der Waals surface area contributed by atoms with Crippen LogP contribution in [0.25, 0.3) is 11.5 Å². The van der Waals surface area contributed by atoms with Gasteiger partial charge in [0.05, 0.1) is 13.1 Å². The second kappa shape index (κ2) is 6.16. The molecule has 0 aliphatic heterocycles. The predicted molar refractivity (Wildman–Crippen MR) is 85.9 cm³/mol. The first-order valence-electron chi connectivity index (χ1n) is 8.08. The number of aromatic nitrogens is 4. The van der Waals surface area contributed by atoms with Crippen LogP contribution in [0.1, 0.15) is 41.9 Å². The molecule has 3 aromatic rings. The number of rotatable bonds is 6. The molecule has 0 unspecified atom stereocenters. The van der Waals surface area contributed by atoms with E-state index in [1.54, 1.807) is 0 Å². The van der Waals surface area contributed by atoms with Gasteiger partial charge in [-0.25, -0.2) is 0 Å². The van der Waals surface area contributed by atoms with Gasteiger partial charge in [0.25, 0.3) is 5.89 Å². The number of benzene rings is 1. The fourth-order valence-electron chi connectivity index (χ4n) is 2.50. The van der Waals surface area contributed by atoms with Gasteiger partial charge < -0.3 is 9.05 Å². The third kappa shape index (κ3) is 3.35. The molecular formula is C17H19N5O2. The molecule has 7 nitrogen and oxygen atoms in total. The summed E-state index contributed by atoms with van der Waals surface area (Å²) in [6, 6.07) is 8.02. The van der Waals surface area contributed by atoms with Crippen molar-refractivity contribution < 1.29 is 9.05 Å². The summed E-state index contributed by atoms with van der Waals surface area (Å²) in [5, 5.41) is 8.08. The van der Waals surface area contributed by atoms with Crippen LogP contribution in [0.5, 0.6) is 0 Å². The minimum Gasteiger partial charge on any atom is -0.339 e. The molecule has 1 aliphatic carbocycles. The van der Waals surface area contributed by atoms with E-state index in [4.69, 9.17) is 9.05 Å². The lowest BCUT2D eigenvalue weighted by molar-refractivity contribution is 0.287. The molecule has 1 aromatic carbocycles. The molecule has 0 radical (unpaired) electrons. The molecule has 0 atom stereocenters. The Bertz CT molecular complexity index is 820. The summed E-state index contributed by atoms with van der Waals surface area (Å²) in [5.41, 5.74) is 2.12. The SMILES string of the molecule is Cc1ccc(-c2nc(CN(C)Cc3noc(C4CC4)n3)no2)cc1. The van der Waals surface area contributed by atoms with E-state index in [1.165, 1.54) is 5.56 Å². The fraction of sp³-hybridized carbons (Fsp3) is 0.412. The van der Waals surface area contributed by atoms with Crippen molar-refractivity contribution in [3.8, 4) is 11.5 Å². The summed E-state index contributed by atoms with van der Waals surface area (Å²) in [6.45, 7) is 3.19. The van der Waals surface area contributed by atoms with Crippen molar-refractivity contribution in [1.82, 2.24) is 25.2 Å². The monoisotopic (exact) mass is 325 g/mol.